The number of benzene rings is 2. The van der Waals surface area contributed by atoms with Gasteiger partial charge in [0.05, 0.1) is 0 Å². The van der Waals surface area contributed by atoms with Gasteiger partial charge in [0.15, 0.2) is 0 Å². The van der Waals surface area contributed by atoms with Gasteiger partial charge in [0.1, 0.15) is 0 Å². The molecule has 1 heteroatoms. The maximum absolute atomic E-state index is 3.99. The zero-order valence-corrected chi connectivity index (χ0v) is 16.6. The van der Waals surface area contributed by atoms with Crippen molar-refractivity contribution in [1.29, 1.82) is 0 Å². The second-order valence-corrected chi connectivity index (χ2v) is 7.73. The quantitative estimate of drug-likeness (QED) is 0.442. The minimum absolute atomic E-state index is 0.0591. The fourth-order valence-corrected chi connectivity index (χ4v) is 4.88. The molecular weight excluding hydrogens is 320 g/mol. The molecule has 128 valence electrons. The van der Waals surface area contributed by atoms with Crippen LogP contribution in [0.15, 0.2) is 49.1 Å². The van der Waals surface area contributed by atoms with Crippen LogP contribution in [-0.4, -0.2) is 0 Å². The van der Waals surface area contributed by atoms with Gasteiger partial charge in [-0.2, -0.15) is 0 Å². The zero-order valence-electron chi connectivity index (χ0n) is 15.8. The van der Waals surface area contributed by atoms with E-state index in [9.17, 15) is 0 Å². The van der Waals surface area contributed by atoms with E-state index in [0.29, 0.717) is 0 Å². The molecule has 4 rings (SSSR count). The van der Waals surface area contributed by atoms with Crippen LogP contribution >= 0.6 is 11.3 Å². The van der Waals surface area contributed by atoms with Gasteiger partial charge in [0.2, 0.25) is 0 Å². The first-order chi connectivity index (χ1) is 12.1. The first kappa shape index (κ1) is 17.7. The molecule has 0 amide bonds. The molecule has 0 N–H and O–H groups in total. The van der Waals surface area contributed by atoms with Gasteiger partial charge in [-0.05, 0) is 46.9 Å². The Morgan fingerprint density at radius 1 is 1.00 bits per heavy atom. The highest BCUT2D eigenvalue weighted by Crippen LogP contribution is 2.51. The molecule has 25 heavy (non-hydrogen) atoms. The van der Waals surface area contributed by atoms with Gasteiger partial charge in [-0.15, -0.1) is 11.3 Å². The van der Waals surface area contributed by atoms with Gasteiger partial charge in [-0.25, -0.2) is 0 Å². The molecule has 0 atom stereocenters. The standard InChI is InChI=1S/C22H20S.C2H6/c1-5-9-15-17-12-19-16(13-21(17)23-20(15)6-2)14-10-7-8-11-18(14)22(19,3)4;1-2/h5-13H,2H2,1,3-4H3;1-2H3/b9-5-;. The normalized spacial score (nSPS) is 14.1. The highest BCUT2D eigenvalue weighted by atomic mass is 32.1. The Labute approximate surface area is 155 Å². The molecule has 1 aliphatic rings. The summed E-state index contributed by atoms with van der Waals surface area (Å²) in [4.78, 5) is 1.26. The molecule has 0 spiro atoms. The maximum Gasteiger partial charge on any atom is 0.0361 e. The fourth-order valence-electron chi connectivity index (χ4n) is 3.82. The summed E-state index contributed by atoms with van der Waals surface area (Å²) in [6, 6.07) is 13.6. The predicted octanol–water partition coefficient (Wildman–Crippen LogP) is 7.91. The van der Waals surface area contributed by atoms with E-state index in [0.717, 1.165) is 0 Å². The number of hydrogen-bond acceptors (Lipinski definition) is 1. The Kier molecular flexibility index (Phi) is 4.71. The van der Waals surface area contributed by atoms with Gasteiger partial charge in [-0.3, -0.25) is 0 Å². The van der Waals surface area contributed by atoms with E-state index in [2.05, 4.69) is 75.9 Å². The molecule has 0 fully saturated rings. The van der Waals surface area contributed by atoms with Crippen molar-refractivity contribution in [3.63, 3.8) is 0 Å². The van der Waals surface area contributed by atoms with Crippen LogP contribution in [0, 0.1) is 0 Å². The first-order valence-electron chi connectivity index (χ1n) is 9.04. The van der Waals surface area contributed by atoms with E-state index < -0.39 is 0 Å². The van der Waals surface area contributed by atoms with Crippen molar-refractivity contribution in [1.82, 2.24) is 0 Å². The average Bonchev–Trinajstić information content (AvgIpc) is 3.09. The molecule has 2 aromatic carbocycles. The van der Waals surface area contributed by atoms with Crippen molar-refractivity contribution >= 4 is 33.6 Å². The van der Waals surface area contributed by atoms with E-state index in [-0.39, 0.29) is 5.41 Å². The largest absolute Gasteiger partial charge is 0.135 e. The summed E-state index contributed by atoms with van der Waals surface area (Å²) < 4.78 is 1.35. The number of allylic oxidation sites excluding steroid dienone is 1. The summed E-state index contributed by atoms with van der Waals surface area (Å²) in [5.41, 5.74) is 7.01. The Hall–Kier alpha value is -2.12. The number of rotatable bonds is 2. The molecule has 0 bridgehead atoms. The van der Waals surface area contributed by atoms with E-state index >= 15 is 0 Å². The molecule has 0 saturated carbocycles. The number of fused-ring (bicyclic) bond motifs is 4. The van der Waals surface area contributed by atoms with Gasteiger partial charge >= 0.3 is 0 Å². The molecule has 0 unspecified atom stereocenters. The highest BCUT2D eigenvalue weighted by molar-refractivity contribution is 7.20. The van der Waals surface area contributed by atoms with Crippen LogP contribution in [-0.2, 0) is 5.41 Å². The van der Waals surface area contributed by atoms with Crippen molar-refractivity contribution < 1.29 is 0 Å². The van der Waals surface area contributed by atoms with E-state index in [4.69, 9.17) is 0 Å². The van der Waals surface area contributed by atoms with Gasteiger partial charge in [0.25, 0.3) is 0 Å². The van der Waals surface area contributed by atoms with Gasteiger partial charge in [-0.1, -0.05) is 76.8 Å². The van der Waals surface area contributed by atoms with Crippen LogP contribution in [0.5, 0.6) is 0 Å². The van der Waals surface area contributed by atoms with Crippen LogP contribution < -0.4 is 0 Å². The molecule has 0 nitrogen and oxygen atoms in total. The summed E-state index contributed by atoms with van der Waals surface area (Å²) >= 11 is 1.84. The second-order valence-electron chi connectivity index (χ2n) is 6.65. The van der Waals surface area contributed by atoms with Crippen molar-refractivity contribution in [3.05, 3.63) is 70.6 Å². The lowest BCUT2D eigenvalue weighted by atomic mass is 9.82. The van der Waals surface area contributed by atoms with Crippen molar-refractivity contribution in [2.24, 2.45) is 0 Å². The van der Waals surface area contributed by atoms with E-state index in [1.165, 1.54) is 42.8 Å². The third kappa shape index (κ3) is 2.58. The van der Waals surface area contributed by atoms with Crippen LogP contribution in [0.4, 0.5) is 0 Å². The molecule has 3 aromatic rings. The Bertz CT molecular complexity index is 967. The smallest absolute Gasteiger partial charge is 0.0361 e. The van der Waals surface area contributed by atoms with Crippen molar-refractivity contribution in [3.8, 4) is 11.1 Å². The summed E-state index contributed by atoms with van der Waals surface area (Å²) in [5, 5.41) is 1.35. The lowest BCUT2D eigenvalue weighted by Crippen LogP contribution is -2.14. The fraction of sp³-hybridized carbons (Fsp3) is 0.250. The molecule has 0 aliphatic heterocycles. The molecule has 0 saturated heterocycles. The third-order valence-corrected chi connectivity index (χ3v) is 6.14. The molecule has 1 aliphatic carbocycles. The summed E-state index contributed by atoms with van der Waals surface area (Å²) in [6.07, 6.45) is 6.29. The summed E-state index contributed by atoms with van der Waals surface area (Å²) in [5.74, 6) is 0. The van der Waals surface area contributed by atoms with Crippen LogP contribution in [0.25, 0.3) is 33.4 Å². The van der Waals surface area contributed by atoms with Crippen molar-refractivity contribution in [2.75, 3.05) is 0 Å². The minimum Gasteiger partial charge on any atom is -0.135 e. The Morgan fingerprint density at radius 3 is 2.40 bits per heavy atom. The number of hydrogen-bond donors (Lipinski definition) is 0. The van der Waals surface area contributed by atoms with Gasteiger partial charge in [0, 0.05) is 20.4 Å². The average molecular weight is 347 g/mol. The molecule has 1 aromatic heterocycles. The SMILES string of the molecule is C=Cc1sc2cc3c(cc2c1/C=C\C)C(C)(C)c1ccccc1-3.CC. The lowest BCUT2D eigenvalue weighted by molar-refractivity contribution is 0.661. The molecule has 0 radical (unpaired) electrons. The topological polar surface area (TPSA) is 0 Å². The third-order valence-electron chi connectivity index (χ3n) is 4.98. The first-order valence-corrected chi connectivity index (χ1v) is 9.85. The van der Waals surface area contributed by atoms with Crippen molar-refractivity contribution in [2.45, 2.75) is 40.0 Å². The summed E-state index contributed by atoms with van der Waals surface area (Å²) in [6.45, 7) is 14.7. The lowest BCUT2D eigenvalue weighted by Gasteiger charge is -2.21. The van der Waals surface area contributed by atoms with Crippen LogP contribution in [0.1, 0.15) is 56.2 Å². The molecular formula is C24H26S. The second kappa shape index (κ2) is 6.65. The Balaban J connectivity index is 0.000000880. The number of thiophene rings is 1. The van der Waals surface area contributed by atoms with Gasteiger partial charge < -0.3 is 0 Å². The minimum atomic E-state index is 0.0591. The predicted molar refractivity (Wildman–Crippen MR) is 116 cm³/mol. The molecule has 1 heterocycles. The van der Waals surface area contributed by atoms with E-state index in [1.807, 2.05) is 31.3 Å². The summed E-state index contributed by atoms with van der Waals surface area (Å²) in [7, 11) is 0. The van der Waals surface area contributed by atoms with E-state index in [1.54, 1.807) is 0 Å². The maximum atomic E-state index is 3.99. The monoisotopic (exact) mass is 346 g/mol. The zero-order chi connectivity index (χ0) is 18.2. The highest BCUT2D eigenvalue weighted by Gasteiger charge is 2.35. The van der Waals surface area contributed by atoms with Crippen LogP contribution in [0.2, 0.25) is 0 Å². The van der Waals surface area contributed by atoms with Crippen LogP contribution in [0.3, 0.4) is 0 Å². The Morgan fingerprint density at radius 2 is 1.72 bits per heavy atom.